The normalized spacial score (nSPS) is 47.5. The summed E-state index contributed by atoms with van der Waals surface area (Å²) in [6.07, 6.45) is 4.97. The van der Waals surface area contributed by atoms with Crippen LogP contribution in [0.2, 0.25) is 0 Å². The van der Waals surface area contributed by atoms with Gasteiger partial charge in [-0.15, -0.1) is 0 Å². The Labute approximate surface area is 90.8 Å². The van der Waals surface area contributed by atoms with Crippen LogP contribution in [0.15, 0.2) is 0 Å². The van der Waals surface area contributed by atoms with Gasteiger partial charge in [0.25, 0.3) is 0 Å². The van der Waals surface area contributed by atoms with Crippen LogP contribution in [0, 0.1) is 23.7 Å². The molecule has 0 spiro atoms. The number of hydrogen-bond acceptors (Lipinski definition) is 2. The summed E-state index contributed by atoms with van der Waals surface area (Å²) in [7, 11) is 0. The SMILES string of the molecule is CC[C@@H](N)C(=O)NC1C2C3CCC(C3)C12. The molecule has 3 nitrogen and oxygen atoms in total. The molecule has 5 atom stereocenters. The van der Waals surface area contributed by atoms with E-state index in [4.69, 9.17) is 5.73 Å². The van der Waals surface area contributed by atoms with Gasteiger partial charge in [-0.3, -0.25) is 4.79 Å². The number of nitrogens with one attached hydrogen (secondary N) is 1. The van der Waals surface area contributed by atoms with Crippen molar-refractivity contribution in [2.24, 2.45) is 29.4 Å². The highest BCUT2D eigenvalue weighted by Gasteiger charge is 2.65. The average Bonchev–Trinajstić information content (AvgIpc) is 2.66. The van der Waals surface area contributed by atoms with Gasteiger partial charge in [0.1, 0.15) is 0 Å². The Morgan fingerprint density at radius 3 is 2.53 bits per heavy atom. The van der Waals surface area contributed by atoms with Gasteiger partial charge in [0, 0.05) is 6.04 Å². The third kappa shape index (κ3) is 1.32. The summed E-state index contributed by atoms with van der Waals surface area (Å²) in [4.78, 5) is 11.7. The average molecular weight is 208 g/mol. The van der Waals surface area contributed by atoms with E-state index in [2.05, 4.69) is 5.32 Å². The number of rotatable bonds is 3. The van der Waals surface area contributed by atoms with Gasteiger partial charge in [-0.2, -0.15) is 0 Å². The monoisotopic (exact) mass is 208 g/mol. The fourth-order valence-corrected chi connectivity index (χ4v) is 3.98. The van der Waals surface area contributed by atoms with Crippen LogP contribution < -0.4 is 11.1 Å². The molecule has 3 saturated carbocycles. The van der Waals surface area contributed by atoms with Crippen molar-refractivity contribution in [2.45, 2.75) is 44.7 Å². The van der Waals surface area contributed by atoms with E-state index in [1.54, 1.807) is 0 Å². The summed E-state index contributed by atoms with van der Waals surface area (Å²) in [6.45, 7) is 1.96. The van der Waals surface area contributed by atoms with Crippen LogP contribution in [0.4, 0.5) is 0 Å². The van der Waals surface area contributed by atoms with E-state index in [1.807, 2.05) is 6.92 Å². The Bertz CT molecular complexity index is 275. The fourth-order valence-electron chi connectivity index (χ4n) is 3.98. The summed E-state index contributed by atoms with van der Waals surface area (Å²) < 4.78 is 0. The lowest BCUT2D eigenvalue weighted by Crippen LogP contribution is -2.42. The van der Waals surface area contributed by atoms with Crippen LogP contribution in [-0.4, -0.2) is 18.0 Å². The predicted octanol–water partition coefficient (Wildman–Crippen LogP) is 0.884. The van der Waals surface area contributed by atoms with Gasteiger partial charge < -0.3 is 11.1 Å². The lowest BCUT2D eigenvalue weighted by atomic mass is 10.0. The third-order valence-electron chi connectivity index (χ3n) is 4.82. The maximum atomic E-state index is 11.7. The Morgan fingerprint density at radius 2 is 2.00 bits per heavy atom. The standard InChI is InChI=1S/C12H20N2O/c1-2-8(13)12(15)14-11-9-6-3-4-7(5-6)10(9)11/h6-11H,2-5,13H2,1H3,(H,14,15)/t6?,7?,8-,9?,10?,11?/m1/s1. The first-order valence-electron chi connectivity index (χ1n) is 6.28. The van der Waals surface area contributed by atoms with Gasteiger partial charge in [0.15, 0.2) is 0 Å². The lowest BCUT2D eigenvalue weighted by molar-refractivity contribution is -0.122. The molecule has 3 N–H and O–H groups in total. The van der Waals surface area contributed by atoms with Crippen LogP contribution >= 0.6 is 0 Å². The number of nitrogens with two attached hydrogens (primary N) is 1. The second-order valence-corrected chi connectivity index (χ2v) is 5.54. The maximum absolute atomic E-state index is 11.7. The van der Waals surface area contributed by atoms with Crippen LogP contribution in [0.25, 0.3) is 0 Å². The molecule has 0 aromatic rings. The molecule has 15 heavy (non-hydrogen) atoms. The summed E-state index contributed by atoms with van der Waals surface area (Å²) in [6, 6.07) is 0.185. The van der Waals surface area contributed by atoms with Gasteiger partial charge >= 0.3 is 0 Å². The van der Waals surface area contributed by atoms with E-state index in [-0.39, 0.29) is 11.9 Å². The molecule has 0 saturated heterocycles. The second kappa shape index (κ2) is 3.21. The first-order valence-corrected chi connectivity index (χ1v) is 6.28. The molecular formula is C12H20N2O. The van der Waals surface area contributed by atoms with Crippen molar-refractivity contribution in [3.63, 3.8) is 0 Å². The molecule has 84 valence electrons. The molecule has 0 aromatic carbocycles. The van der Waals surface area contributed by atoms with Crippen LogP contribution in [0.3, 0.4) is 0 Å². The Hall–Kier alpha value is -0.570. The topological polar surface area (TPSA) is 55.1 Å². The minimum atomic E-state index is -0.302. The molecule has 0 aromatic heterocycles. The molecule has 0 aliphatic heterocycles. The molecule has 1 amide bonds. The van der Waals surface area contributed by atoms with Crippen molar-refractivity contribution in [2.75, 3.05) is 0 Å². The molecule has 0 radical (unpaired) electrons. The van der Waals surface area contributed by atoms with E-state index < -0.39 is 0 Å². The molecule has 3 aliphatic carbocycles. The van der Waals surface area contributed by atoms with Gasteiger partial charge in [0.2, 0.25) is 5.91 Å². The molecule has 4 unspecified atom stereocenters. The van der Waals surface area contributed by atoms with Crippen molar-refractivity contribution in [3.05, 3.63) is 0 Å². The molecule has 0 heterocycles. The molecule has 3 rings (SSSR count). The quantitative estimate of drug-likeness (QED) is 0.723. The third-order valence-corrected chi connectivity index (χ3v) is 4.82. The van der Waals surface area contributed by atoms with Crippen LogP contribution in [0.5, 0.6) is 0 Å². The van der Waals surface area contributed by atoms with E-state index >= 15 is 0 Å². The number of carbonyl (C=O) groups excluding carboxylic acids is 1. The zero-order chi connectivity index (χ0) is 10.6. The van der Waals surface area contributed by atoms with Crippen molar-refractivity contribution >= 4 is 5.91 Å². The highest BCUT2D eigenvalue weighted by Crippen LogP contribution is 2.65. The van der Waals surface area contributed by atoms with Gasteiger partial charge in [0.05, 0.1) is 6.04 Å². The smallest absolute Gasteiger partial charge is 0.237 e. The van der Waals surface area contributed by atoms with Gasteiger partial charge in [-0.1, -0.05) is 6.92 Å². The Morgan fingerprint density at radius 1 is 1.40 bits per heavy atom. The van der Waals surface area contributed by atoms with Crippen molar-refractivity contribution in [1.29, 1.82) is 0 Å². The molecule has 3 fully saturated rings. The van der Waals surface area contributed by atoms with E-state index in [0.717, 1.165) is 30.1 Å². The number of fused-ring (bicyclic) bond motifs is 5. The number of carbonyl (C=O) groups is 1. The van der Waals surface area contributed by atoms with Crippen LogP contribution in [0.1, 0.15) is 32.6 Å². The van der Waals surface area contributed by atoms with Gasteiger partial charge in [-0.05, 0) is 49.4 Å². The molecule has 2 bridgehead atoms. The predicted molar refractivity (Wildman–Crippen MR) is 58.0 cm³/mol. The first kappa shape index (κ1) is 9.64. The van der Waals surface area contributed by atoms with E-state index in [9.17, 15) is 4.79 Å². The van der Waals surface area contributed by atoms with Crippen molar-refractivity contribution in [3.8, 4) is 0 Å². The number of hydrogen-bond donors (Lipinski definition) is 2. The van der Waals surface area contributed by atoms with E-state index in [1.165, 1.54) is 19.3 Å². The van der Waals surface area contributed by atoms with E-state index in [0.29, 0.717) is 6.04 Å². The minimum absolute atomic E-state index is 0.0660. The highest BCUT2D eigenvalue weighted by molar-refractivity contribution is 5.82. The highest BCUT2D eigenvalue weighted by atomic mass is 16.2. The Kier molecular flexibility index (Phi) is 2.06. The zero-order valence-corrected chi connectivity index (χ0v) is 9.28. The molecular weight excluding hydrogens is 188 g/mol. The molecule has 3 heteroatoms. The summed E-state index contributed by atoms with van der Waals surface area (Å²) >= 11 is 0. The largest absolute Gasteiger partial charge is 0.351 e. The zero-order valence-electron chi connectivity index (χ0n) is 9.28. The Balaban J connectivity index is 1.57. The number of amides is 1. The minimum Gasteiger partial charge on any atom is -0.351 e. The van der Waals surface area contributed by atoms with Crippen molar-refractivity contribution < 1.29 is 4.79 Å². The summed E-state index contributed by atoms with van der Waals surface area (Å²) in [5, 5.41) is 3.14. The van der Waals surface area contributed by atoms with Crippen LogP contribution in [-0.2, 0) is 4.79 Å². The lowest BCUT2D eigenvalue weighted by Gasteiger charge is -2.13. The molecule has 3 aliphatic rings. The fraction of sp³-hybridized carbons (Fsp3) is 0.917. The first-order chi connectivity index (χ1) is 7.22. The summed E-state index contributed by atoms with van der Waals surface area (Å²) in [5.41, 5.74) is 5.72. The van der Waals surface area contributed by atoms with Gasteiger partial charge in [-0.25, -0.2) is 0 Å². The van der Waals surface area contributed by atoms with Crippen molar-refractivity contribution in [1.82, 2.24) is 5.32 Å². The second-order valence-electron chi connectivity index (χ2n) is 5.54. The summed E-state index contributed by atoms with van der Waals surface area (Å²) in [5.74, 6) is 3.54. The maximum Gasteiger partial charge on any atom is 0.237 e.